The van der Waals surface area contributed by atoms with Crippen LogP contribution < -0.4 is 10.1 Å². The Kier molecular flexibility index (Phi) is 7.52. The molecule has 3 aromatic rings. The van der Waals surface area contributed by atoms with Crippen molar-refractivity contribution in [1.82, 2.24) is 10.2 Å². The second-order valence-corrected chi connectivity index (χ2v) is 10.1. The third-order valence-corrected chi connectivity index (χ3v) is 8.13. The summed E-state index contributed by atoms with van der Waals surface area (Å²) in [4.78, 5) is 2.72. The molecule has 3 aromatic carbocycles. The van der Waals surface area contributed by atoms with E-state index < -0.39 is 6.10 Å². The van der Waals surface area contributed by atoms with E-state index in [1.165, 1.54) is 37.1 Å². The number of benzene rings is 3. The van der Waals surface area contributed by atoms with Crippen LogP contribution >= 0.6 is 0 Å². The molecule has 3 aliphatic rings. The lowest BCUT2D eigenvalue weighted by atomic mass is 9.70. The highest BCUT2D eigenvalue weighted by Crippen LogP contribution is 2.42. The number of methoxy groups -OCH3 is 1. The van der Waals surface area contributed by atoms with Gasteiger partial charge in [-0.25, -0.2) is 0 Å². The molecule has 0 aliphatic carbocycles. The number of aliphatic hydroxyl groups is 1. The molecule has 184 valence electrons. The van der Waals surface area contributed by atoms with Crippen LogP contribution in [-0.4, -0.2) is 42.3 Å². The van der Waals surface area contributed by atoms with Crippen LogP contribution in [0.3, 0.4) is 0 Å². The molecule has 2 bridgehead atoms. The molecule has 3 fully saturated rings. The van der Waals surface area contributed by atoms with Gasteiger partial charge in [-0.2, -0.15) is 0 Å². The van der Waals surface area contributed by atoms with Gasteiger partial charge in [-0.1, -0.05) is 73.7 Å². The van der Waals surface area contributed by atoms with Gasteiger partial charge in [0.1, 0.15) is 5.75 Å². The molecule has 3 saturated heterocycles. The first-order valence-corrected chi connectivity index (χ1v) is 13.1. The lowest BCUT2D eigenvalue weighted by molar-refractivity contribution is 0.00461. The Bertz CT molecular complexity index is 1040. The normalized spacial score (nSPS) is 24.5. The summed E-state index contributed by atoms with van der Waals surface area (Å²) in [7, 11) is 1.73. The summed E-state index contributed by atoms with van der Waals surface area (Å²) >= 11 is 0. The number of nitrogens with zero attached hydrogens (tertiary/aromatic N) is 1. The molecule has 0 aromatic heterocycles. The molecule has 3 aliphatic heterocycles. The summed E-state index contributed by atoms with van der Waals surface area (Å²) in [6.45, 7) is 5.09. The first kappa shape index (κ1) is 24.1. The van der Waals surface area contributed by atoms with E-state index in [4.69, 9.17) is 4.74 Å². The van der Waals surface area contributed by atoms with Crippen LogP contribution in [0.1, 0.15) is 60.5 Å². The molecule has 3 heterocycles. The van der Waals surface area contributed by atoms with E-state index in [0.29, 0.717) is 30.3 Å². The van der Waals surface area contributed by atoms with E-state index in [1.807, 2.05) is 19.1 Å². The standard InChI is InChI=1S/C31H38N2O2/c1-3-27(34)25-14-15-28(35-2)26(20-25)21-32-30-24-16-18-33(19-17-24)31(30)29(22-10-6-4-7-11-22)23-12-8-5-9-13-23/h4-15,20,24,27,29-32,34H,3,16-19,21H2,1-2H3/t27?,30-,31-/m0/s1. The van der Waals surface area contributed by atoms with Gasteiger partial charge < -0.3 is 15.2 Å². The summed E-state index contributed by atoms with van der Waals surface area (Å²) in [6, 6.07) is 28.9. The molecule has 4 heteroatoms. The summed E-state index contributed by atoms with van der Waals surface area (Å²) < 4.78 is 5.70. The topological polar surface area (TPSA) is 44.7 Å². The fraction of sp³-hybridized carbons (Fsp3) is 0.419. The first-order chi connectivity index (χ1) is 17.2. The molecule has 4 nitrogen and oxygen atoms in total. The van der Waals surface area contributed by atoms with Crippen molar-refractivity contribution in [2.75, 3.05) is 20.2 Å². The van der Waals surface area contributed by atoms with Crippen molar-refractivity contribution in [3.63, 3.8) is 0 Å². The van der Waals surface area contributed by atoms with Crippen molar-refractivity contribution in [2.45, 2.75) is 56.8 Å². The zero-order chi connectivity index (χ0) is 24.2. The number of hydrogen-bond acceptors (Lipinski definition) is 4. The van der Waals surface area contributed by atoms with Gasteiger partial charge in [-0.05, 0) is 67.1 Å². The largest absolute Gasteiger partial charge is 0.496 e. The van der Waals surface area contributed by atoms with Gasteiger partial charge >= 0.3 is 0 Å². The van der Waals surface area contributed by atoms with E-state index in [2.05, 4.69) is 76.9 Å². The van der Waals surface area contributed by atoms with Gasteiger partial charge in [-0.3, -0.25) is 4.90 Å². The third kappa shape index (κ3) is 5.02. The van der Waals surface area contributed by atoms with E-state index >= 15 is 0 Å². The van der Waals surface area contributed by atoms with Crippen molar-refractivity contribution in [1.29, 1.82) is 0 Å². The van der Waals surface area contributed by atoms with E-state index in [-0.39, 0.29) is 0 Å². The minimum absolute atomic E-state index is 0.313. The molecule has 0 saturated carbocycles. The molecule has 35 heavy (non-hydrogen) atoms. The Morgan fingerprint density at radius 3 is 2.11 bits per heavy atom. The van der Waals surface area contributed by atoms with Gasteiger partial charge in [0.05, 0.1) is 13.2 Å². The van der Waals surface area contributed by atoms with Gasteiger partial charge in [0, 0.05) is 30.1 Å². The van der Waals surface area contributed by atoms with Crippen LogP contribution in [0.5, 0.6) is 5.75 Å². The average Bonchev–Trinajstić information content (AvgIpc) is 2.93. The molecule has 6 rings (SSSR count). The second kappa shape index (κ2) is 10.9. The fourth-order valence-corrected chi connectivity index (χ4v) is 6.30. The van der Waals surface area contributed by atoms with E-state index in [0.717, 1.165) is 23.4 Å². The Hall–Kier alpha value is -2.66. The highest BCUT2D eigenvalue weighted by Gasteiger charge is 2.46. The van der Waals surface area contributed by atoms with Crippen molar-refractivity contribution in [2.24, 2.45) is 5.92 Å². The van der Waals surface area contributed by atoms with Gasteiger partial charge in [0.25, 0.3) is 0 Å². The lowest BCUT2D eigenvalue weighted by Crippen LogP contribution is -2.64. The van der Waals surface area contributed by atoms with Crippen molar-refractivity contribution in [3.8, 4) is 5.75 Å². The van der Waals surface area contributed by atoms with Crippen LogP contribution in [0, 0.1) is 5.92 Å². The third-order valence-electron chi connectivity index (χ3n) is 8.13. The number of hydrogen-bond donors (Lipinski definition) is 2. The number of nitrogens with one attached hydrogen (secondary N) is 1. The van der Waals surface area contributed by atoms with Gasteiger partial charge in [-0.15, -0.1) is 0 Å². The second-order valence-electron chi connectivity index (χ2n) is 10.1. The smallest absolute Gasteiger partial charge is 0.123 e. The number of aliphatic hydroxyl groups excluding tert-OH is 1. The van der Waals surface area contributed by atoms with E-state index in [1.54, 1.807) is 7.11 Å². The summed E-state index contributed by atoms with van der Waals surface area (Å²) in [5.41, 5.74) is 4.84. The summed E-state index contributed by atoms with van der Waals surface area (Å²) in [5, 5.41) is 14.4. The Labute approximate surface area is 209 Å². The lowest BCUT2D eigenvalue weighted by Gasteiger charge is -2.54. The zero-order valence-corrected chi connectivity index (χ0v) is 20.9. The first-order valence-electron chi connectivity index (χ1n) is 13.1. The predicted octanol–water partition coefficient (Wildman–Crippen LogP) is 5.52. The van der Waals surface area contributed by atoms with Crippen molar-refractivity contribution < 1.29 is 9.84 Å². The minimum Gasteiger partial charge on any atom is -0.496 e. The number of piperidine rings is 3. The van der Waals surface area contributed by atoms with Gasteiger partial charge in [0.15, 0.2) is 0 Å². The minimum atomic E-state index is -0.440. The number of fused-ring (bicyclic) bond motifs is 3. The molecular weight excluding hydrogens is 432 g/mol. The average molecular weight is 471 g/mol. The van der Waals surface area contributed by atoms with E-state index in [9.17, 15) is 5.11 Å². The van der Waals surface area contributed by atoms with Crippen LogP contribution in [0.4, 0.5) is 0 Å². The monoisotopic (exact) mass is 470 g/mol. The summed E-state index contributed by atoms with van der Waals surface area (Å²) in [6.07, 6.45) is 2.76. The van der Waals surface area contributed by atoms with Crippen LogP contribution in [0.2, 0.25) is 0 Å². The van der Waals surface area contributed by atoms with Crippen LogP contribution in [0.15, 0.2) is 78.9 Å². The fourth-order valence-electron chi connectivity index (χ4n) is 6.30. The highest BCUT2D eigenvalue weighted by atomic mass is 16.5. The molecule has 1 unspecified atom stereocenters. The highest BCUT2D eigenvalue weighted by molar-refractivity contribution is 5.39. The van der Waals surface area contributed by atoms with Crippen LogP contribution in [-0.2, 0) is 6.54 Å². The molecule has 0 radical (unpaired) electrons. The maximum absolute atomic E-state index is 10.4. The van der Waals surface area contributed by atoms with Crippen molar-refractivity contribution in [3.05, 3.63) is 101 Å². The molecule has 0 spiro atoms. The molecule has 2 N–H and O–H groups in total. The Morgan fingerprint density at radius 2 is 1.54 bits per heavy atom. The quantitative estimate of drug-likeness (QED) is 0.432. The zero-order valence-electron chi connectivity index (χ0n) is 20.9. The van der Waals surface area contributed by atoms with Crippen molar-refractivity contribution >= 4 is 0 Å². The summed E-state index contributed by atoms with van der Waals surface area (Å²) in [5.74, 6) is 1.86. The molecule has 3 atom stereocenters. The SMILES string of the molecule is CCC(O)c1ccc(OC)c(CN[C@H]2C3CCN(CC3)[C@H]2C(c2ccccc2)c2ccccc2)c1. The maximum atomic E-state index is 10.4. The van der Waals surface area contributed by atoms with Gasteiger partial charge in [0.2, 0.25) is 0 Å². The Morgan fingerprint density at radius 1 is 0.914 bits per heavy atom. The Balaban J connectivity index is 1.47. The predicted molar refractivity (Wildman–Crippen MR) is 142 cm³/mol. The molecular formula is C31H38N2O2. The number of rotatable bonds is 9. The van der Waals surface area contributed by atoms with Crippen LogP contribution in [0.25, 0.3) is 0 Å². The maximum Gasteiger partial charge on any atom is 0.123 e. The number of ether oxygens (including phenoxy) is 1. The molecule has 0 amide bonds.